The van der Waals surface area contributed by atoms with E-state index in [4.69, 9.17) is 16.3 Å². The van der Waals surface area contributed by atoms with Crippen LogP contribution in [0.4, 0.5) is 0 Å². The predicted molar refractivity (Wildman–Crippen MR) is 101 cm³/mol. The van der Waals surface area contributed by atoms with Gasteiger partial charge in [0.25, 0.3) is 0 Å². The minimum absolute atomic E-state index is 0.349. The normalized spacial score (nSPS) is 11.4. The fourth-order valence-corrected chi connectivity index (χ4v) is 3.59. The van der Waals surface area contributed by atoms with Crippen LogP contribution in [0.2, 0.25) is 5.02 Å². The van der Waals surface area contributed by atoms with Gasteiger partial charge in [0.2, 0.25) is 4.96 Å². The summed E-state index contributed by atoms with van der Waals surface area (Å²) in [5, 5.41) is 22.8. The molecule has 134 valence electrons. The highest BCUT2D eigenvalue weighted by molar-refractivity contribution is 7.16. The van der Waals surface area contributed by atoms with E-state index < -0.39 is 0 Å². The molecular weight excluding hydrogens is 386 g/mol. The van der Waals surface area contributed by atoms with Crippen LogP contribution in [0.3, 0.4) is 0 Å². The lowest BCUT2D eigenvalue weighted by molar-refractivity contribution is 0.304. The molecule has 0 amide bonds. The van der Waals surface area contributed by atoms with E-state index in [-0.39, 0.29) is 0 Å². The number of hydrogen-bond donors (Lipinski definition) is 0. The lowest BCUT2D eigenvalue weighted by atomic mass is 10.3. The number of nitrogens with zero attached hydrogens (tertiary/aromatic N) is 7. The minimum atomic E-state index is 0.349. The number of rotatable bonds is 5. The van der Waals surface area contributed by atoms with E-state index in [2.05, 4.69) is 25.6 Å². The summed E-state index contributed by atoms with van der Waals surface area (Å²) >= 11 is 7.32. The molecule has 10 heteroatoms. The van der Waals surface area contributed by atoms with E-state index in [1.54, 1.807) is 21.3 Å². The molecule has 0 aliphatic heterocycles. The fraction of sp³-hybridized carbons (Fsp3) is 0.118. The van der Waals surface area contributed by atoms with Crippen LogP contribution >= 0.6 is 22.9 Å². The van der Waals surface area contributed by atoms with Crippen LogP contribution < -0.4 is 4.74 Å². The van der Waals surface area contributed by atoms with Crippen LogP contribution in [0, 0.1) is 0 Å². The van der Waals surface area contributed by atoms with Crippen molar-refractivity contribution in [2.75, 3.05) is 0 Å². The Balaban J connectivity index is 1.37. The molecule has 0 aliphatic rings. The first-order valence-electron chi connectivity index (χ1n) is 8.13. The molecule has 3 aromatic heterocycles. The second kappa shape index (κ2) is 6.60. The van der Waals surface area contributed by atoms with Crippen molar-refractivity contribution < 1.29 is 4.74 Å². The first-order chi connectivity index (χ1) is 13.3. The van der Waals surface area contributed by atoms with Crippen molar-refractivity contribution in [2.45, 2.75) is 13.2 Å². The first-order valence-corrected chi connectivity index (χ1v) is 9.32. The van der Waals surface area contributed by atoms with Gasteiger partial charge in [0.1, 0.15) is 24.4 Å². The van der Waals surface area contributed by atoms with Crippen LogP contribution in [0.5, 0.6) is 5.75 Å². The maximum absolute atomic E-state index is 5.88. The third-order valence-corrected chi connectivity index (χ3v) is 5.11. The van der Waals surface area contributed by atoms with Crippen LogP contribution in [-0.4, -0.2) is 34.8 Å². The van der Waals surface area contributed by atoms with Crippen molar-refractivity contribution >= 4 is 38.9 Å². The van der Waals surface area contributed by atoms with Crippen molar-refractivity contribution in [3.8, 4) is 5.75 Å². The zero-order valence-corrected chi connectivity index (χ0v) is 15.4. The zero-order valence-electron chi connectivity index (χ0n) is 13.9. The number of benzene rings is 2. The molecule has 3 heterocycles. The Morgan fingerprint density at radius 3 is 2.74 bits per heavy atom. The molecule has 0 saturated carbocycles. The number of aromatic nitrogens is 7. The van der Waals surface area contributed by atoms with E-state index in [0.29, 0.717) is 29.0 Å². The maximum Gasteiger partial charge on any atom is 0.234 e. The Bertz CT molecular complexity index is 1230. The van der Waals surface area contributed by atoms with Gasteiger partial charge in [0.05, 0.1) is 5.52 Å². The van der Waals surface area contributed by atoms with Crippen LogP contribution in [0.25, 0.3) is 16.0 Å². The van der Waals surface area contributed by atoms with Gasteiger partial charge in [0, 0.05) is 5.02 Å². The highest BCUT2D eigenvalue weighted by Gasteiger charge is 2.14. The van der Waals surface area contributed by atoms with Crippen LogP contribution in [-0.2, 0) is 13.2 Å². The van der Waals surface area contributed by atoms with Crippen molar-refractivity contribution in [3.63, 3.8) is 0 Å². The zero-order chi connectivity index (χ0) is 18.2. The smallest absolute Gasteiger partial charge is 0.234 e. The number of hydrogen-bond acceptors (Lipinski definition) is 7. The summed E-state index contributed by atoms with van der Waals surface area (Å²) in [5.41, 5.74) is 1.78. The Kier molecular flexibility index (Phi) is 3.95. The van der Waals surface area contributed by atoms with E-state index >= 15 is 0 Å². The summed E-state index contributed by atoms with van der Waals surface area (Å²) in [7, 11) is 0. The Labute approximate surface area is 162 Å². The molecule has 0 bridgehead atoms. The SMILES string of the molecule is Clc1ccc(OCc2nn3c(Cn4nnc5ccccc54)nnc3s2)cc1. The molecule has 5 rings (SSSR count). The molecule has 0 N–H and O–H groups in total. The van der Waals surface area contributed by atoms with Crippen molar-refractivity contribution in [1.29, 1.82) is 0 Å². The second-order valence-corrected chi connectivity index (χ2v) is 7.26. The second-order valence-electron chi connectivity index (χ2n) is 5.78. The van der Waals surface area contributed by atoms with Crippen molar-refractivity contribution in [3.05, 3.63) is 64.4 Å². The highest BCUT2D eigenvalue weighted by atomic mass is 35.5. The molecule has 5 aromatic rings. The molecule has 8 nitrogen and oxygen atoms in total. The predicted octanol–water partition coefficient (Wildman–Crippen LogP) is 3.21. The van der Waals surface area contributed by atoms with Gasteiger partial charge in [-0.25, -0.2) is 4.68 Å². The third kappa shape index (κ3) is 3.11. The summed E-state index contributed by atoms with van der Waals surface area (Å²) < 4.78 is 9.26. The molecule has 0 atom stereocenters. The van der Waals surface area contributed by atoms with Gasteiger partial charge in [-0.2, -0.15) is 9.61 Å². The van der Waals surface area contributed by atoms with E-state index in [1.807, 2.05) is 36.4 Å². The summed E-state index contributed by atoms with van der Waals surface area (Å²) in [6.45, 7) is 0.782. The van der Waals surface area contributed by atoms with Crippen LogP contribution in [0.1, 0.15) is 10.8 Å². The summed E-state index contributed by atoms with van der Waals surface area (Å²) in [6, 6.07) is 15.0. The van der Waals surface area contributed by atoms with Gasteiger partial charge in [-0.05, 0) is 36.4 Å². The molecule has 2 aromatic carbocycles. The van der Waals surface area contributed by atoms with Crippen molar-refractivity contribution in [1.82, 2.24) is 34.8 Å². The number of ether oxygens (including phenoxy) is 1. The third-order valence-electron chi connectivity index (χ3n) is 3.98. The van der Waals surface area contributed by atoms with Gasteiger partial charge in [-0.3, -0.25) is 0 Å². The van der Waals surface area contributed by atoms with Gasteiger partial charge in [-0.15, -0.1) is 15.3 Å². The lowest BCUT2D eigenvalue weighted by Crippen LogP contribution is -2.07. The molecule has 27 heavy (non-hydrogen) atoms. The topological polar surface area (TPSA) is 83.0 Å². The van der Waals surface area contributed by atoms with E-state index in [1.165, 1.54) is 11.3 Å². The highest BCUT2D eigenvalue weighted by Crippen LogP contribution is 2.20. The molecule has 0 saturated heterocycles. The van der Waals surface area contributed by atoms with E-state index in [0.717, 1.165) is 21.8 Å². The monoisotopic (exact) mass is 397 g/mol. The van der Waals surface area contributed by atoms with Gasteiger partial charge >= 0.3 is 0 Å². The minimum Gasteiger partial charge on any atom is -0.486 e. The van der Waals surface area contributed by atoms with Gasteiger partial charge < -0.3 is 4.74 Å². The van der Waals surface area contributed by atoms with E-state index in [9.17, 15) is 0 Å². The van der Waals surface area contributed by atoms with Crippen molar-refractivity contribution in [2.24, 2.45) is 0 Å². The number of para-hydroxylation sites is 1. The quantitative estimate of drug-likeness (QED) is 0.453. The average molecular weight is 398 g/mol. The first kappa shape index (κ1) is 16.2. The molecule has 0 fully saturated rings. The molecule has 0 unspecified atom stereocenters. The molecular formula is C17H12ClN7OS. The fourth-order valence-electron chi connectivity index (χ4n) is 2.70. The maximum atomic E-state index is 5.88. The standard InChI is InChI=1S/C17H12ClN7OS/c18-11-5-7-12(8-6-11)26-10-16-22-25-15(20-21-17(25)27-16)9-24-14-4-2-1-3-13(14)19-23-24/h1-8H,9-10H2. The molecule has 0 spiro atoms. The number of halogens is 1. The van der Waals surface area contributed by atoms with Gasteiger partial charge in [0.15, 0.2) is 10.8 Å². The summed E-state index contributed by atoms with van der Waals surface area (Å²) in [4.78, 5) is 0.712. The lowest BCUT2D eigenvalue weighted by Gasteiger charge is -2.03. The summed E-state index contributed by atoms with van der Waals surface area (Å²) in [5.74, 6) is 1.43. The Morgan fingerprint density at radius 1 is 1.00 bits per heavy atom. The Hall–Kier alpha value is -3.04. The molecule has 0 radical (unpaired) electrons. The summed E-state index contributed by atoms with van der Waals surface area (Å²) in [6.07, 6.45) is 0. The van der Waals surface area contributed by atoms with Gasteiger partial charge in [-0.1, -0.05) is 40.3 Å². The van der Waals surface area contributed by atoms with Crippen LogP contribution in [0.15, 0.2) is 48.5 Å². The average Bonchev–Trinajstić information content (AvgIpc) is 3.37. The molecule has 0 aliphatic carbocycles. The number of fused-ring (bicyclic) bond motifs is 2. The largest absolute Gasteiger partial charge is 0.486 e. The Morgan fingerprint density at radius 2 is 1.85 bits per heavy atom.